The average Bonchev–Trinajstić information content (AvgIpc) is 3.04. The maximum absolute atomic E-state index is 12.6. The number of rotatable bonds is 3. The van der Waals surface area contributed by atoms with Gasteiger partial charge in [0.15, 0.2) is 0 Å². The molecule has 1 amide bonds. The van der Waals surface area contributed by atoms with Crippen molar-refractivity contribution in [2.45, 2.75) is 4.21 Å². The summed E-state index contributed by atoms with van der Waals surface area (Å²) in [4.78, 5) is 14.0. The van der Waals surface area contributed by atoms with Gasteiger partial charge in [-0.3, -0.25) is 4.79 Å². The van der Waals surface area contributed by atoms with Crippen LogP contribution in [0.25, 0.3) is 0 Å². The lowest BCUT2D eigenvalue weighted by Crippen LogP contribution is -2.50. The number of nitrogens with zero attached hydrogens (tertiary/aromatic N) is 2. The fourth-order valence-corrected chi connectivity index (χ4v) is 5.78. The summed E-state index contributed by atoms with van der Waals surface area (Å²) in [6.07, 6.45) is 0. The van der Waals surface area contributed by atoms with E-state index in [0.29, 0.717) is 9.36 Å². The van der Waals surface area contributed by atoms with Gasteiger partial charge in [0.05, 0.1) is 9.90 Å². The van der Waals surface area contributed by atoms with E-state index in [1.54, 1.807) is 6.07 Å². The fourth-order valence-electron chi connectivity index (χ4n) is 2.55. The predicted octanol–water partition coefficient (Wildman–Crippen LogP) is 2.91. The van der Waals surface area contributed by atoms with Gasteiger partial charge in [-0.25, -0.2) is 8.42 Å². The summed E-state index contributed by atoms with van der Waals surface area (Å²) in [5.41, 5.74) is 0.105. The number of hydrogen-bond donors (Lipinski definition) is 1. The monoisotopic (exact) mass is 420 g/mol. The van der Waals surface area contributed by atoms with Gasteiger partial charge in [0, 0.05) is 31.2 Å². The summed E-state index contributed by atoms with van der Waals surface area (Å²) < 4.78 is 27.0. The Bertz CT molecular complexity index is 906. The molecule has 0 aliphatic carbocycles. The molecule has 0 bridgehead atoms. The number of hydrogen-bond acceptors (Lipinski definition) is 5. The minimum absolute atomic E-state index is 0.105. The topological polar surface area (TPSA) is 77.9 Å². The van der Waals surface area contributed by atoms with E-state index >= 15 is 0 Å². The van der Waals surface area contributed by atoms with Gasteiger partial charge < -0.3 is 10.0 Å². The van der Waals surface area contributed by atoms with E-state index in [1.807, 2.05) is 0 Å². The van der Waals surface area contributed by atoms with Crippen molar-refractivity contribution in [1.29, 1.82) is 0 Å². The van der Waals surface area contributed by atoms with Crippen molar-refractivity contribution >= 4 is 50.5 Å². The van der Waals surface area contributed by atoms with E-state index in [4.69, 9.17) is 23.2 Å². The molecule has 0 unspecified atom stereocenters. The van der Waals surface area contributed by atoms with E-state index in [2.05, 4.69) is 0 Å². The van der Waals surface area contributed by atoms with Crippen molar-refractivity contribution in [1.82, 2.24) is 9.21 Å². The highest BCUT2D eigenvalue weighted by Crippen LogP contribution is 2.29. The molecule has 1 aliphatic heterocycles. The molecule has 10 heteroatoms. The van der Waals surface area contributed by atoms with Gasteiger partial charge in [0.1, 0.15) is 9.96 Å². The molecule has 1 aliphatic rings. The van der Waals surface area contributed by atoms with E-state index in [1.165, 1.54) is 33.5 Å². The van der Waals surface area contributed by atoms with E-state index < -0.39 is 10.0 Å². The number of carbonyl (C=O) groups is 1. The summed E-state index contributed by atoms with van der Waals surface area (Å²) in [6, 6.07) is 7.27. The first-order valence-electron chi connectivity index (χ1n) is 7.32. The molecule has 25 heavy (non-hydrogen) atoms. The molecule has 3 rings (SSSR count). The Hall–Kier alpha value is -1.32. The molecule has 0 saturated carbocycles. The standard InChI is InChI=1S/C15H14Cl2N2O4S2/c16-10-1-2-12(20)11(9-10)15(21)18-5-7-19(8-6-18)25(22,23)14-4-3-13(17)24-14/h1-4,9,20H,5-8H2. The summed E-state index contributed by atoms with van der Waals surface area (Å²) in [5.74, 6) is -0.533. The number of sulfonamides is 1. The Morgan fingerprint density at radius 1 is 1.08 bits per heavy atom. The lowest BCUT2D eigenvalue weighted by Gasteiger charge is -2.33. The highest BCUT2D eigenvalue weighted by Gasteiger charge is 2.32. The maximum Gasteiger partial charge on any atom is 0.257 e. The molecule has 1 aromatic heterocycles. The second kappa shape index (κ2) is 7.13. The van der Waals surface area contributed by atoms with Crippen LogP contribution in [0.15, 0.2) is 34.5 Å². The van der Waals surface area contributed by atoms with Gasteiger partial charge >= 0.3 is 0 Å². The first-order valence-corrected chi connectivity index (χ1v) is 10.3. The van der Waals surface area contributed by atoms with Crippen molar-refractivity contribution in [3.05, 3.63) is 45.3 Å². The van der Waals surface area contributed by atoms with Crippen LogP contribution in [-0.2, 0) is 10.0 Å². The first-order chi connectivity index (χ1) is 11.8. The lowest BCUT2D eigenvalue weighted by atomic mass is 10.1. The Morgan fingerprint density at radius 3 is 2.36 bits per heavy atom. The van der Waals surface area contributed by atoms with Crippen LogP contribution in [-0.4, -0.2) is 54.8 Å². The predicted molar refractivity (Wildman–Crippen MR) is 97.1 cm³/mol. The third kappa shape index (κ3) is 3.78. The molecule has 1 aromatic carbocycles. The number of carbonyl (C=O) groups excluding carboxylic acids is 1. The van der Waals surface area contributed by atoms with Gasteiger partial charge in [-0.05, 0) is 30.3 Å². The first kappa shape index (κ1) is 18.5. The zero-order valence-electron chi connectivity index (χ0n) is 12.9. The summed E-state index contributed by atoms with van der Waals surface area (Å²) in [7, 11) is -3.61. The largest absolute Gasteiger partial charge is 0.507 e. The maximum atomic E-state index is 12.6. The lowest BCUT2D eigenvalue weighted by molar-refractivity contribution is 0.0695. The molecule has 1 N–H and O–H groups in total. The van der Waals surface area contributed by atoms with Gasteiger partial charge in [-0.1, -0.05) is 23.2 Å². The third-order valence-electron chi connectivity index (χ3n) is 3.86. The number of phenols is 1. The van der Waals surface area contributed by atoms with Crippen LogP contribution in [0.5, 0.6) is 5.75 Å². The molecule has 2 heterocycles. The van der Waals surface area contributed by atoms with E-state index in [-0.39, 0.29) is 47.6 Å². The Kier molecular flexibility index (Phi) is 5.26. The number of thiophene rings is 1. The quantitative estimate of drug-likeness (QED) is 0.827. The van der Waals surface area contributed by atoms with Crippen molar-refractivity contribution in [3.63, 3.8) is 0 Å². The number of halogens is 2. The van der Waals surface area contributed by atoms with Crippen LogP contribution in [0.4, 0.5) is 0 Å². The number of aromatic hydroxyl groups is 1. The average molecular weight is 421 g/mol. The van der Waals surface area contributed by atoms with Crippen molar-refractivity contribution in [2.24, 2.45) is 0 Å². The Morgan fingerprint density at radius 2 is 1.76 bits per heavy atom. The molecule has 0 radical (unpaired) electrons. The van der Waals surface area contributed by atoms with Gasteiger partial charge in [-0.2, -0.15) is 4.31 Å². The molecular formula is C15H14Cl2N2O4S2. The molecule has 1 fully saturated rings. The van der Waals surface area contributed by atoms with Crippen molar-refractivity contribution in [3.8, 4) is 5.75 Å². The normalized spacial score (nSPS) is 16.2. The summed E-state index contributed by atoms with van der Waals surface area (Å²) >= 11 is 12.7. The van der Waals surface area contributed by atoms with Crippen LogP contribution >= 0.6 is 34.5 Å². The number of phenolic OH excluding ortho intramolecular Hbond substituents is 1. The number of amides is 1. The Labute approximate surface area is 159 Å². The molecule has 0 spiro atoms. The molecular weight excluding hydrogens is 407 g/mol. The van der Waals surface area contributed by atoms with Crippen LogP contribution in [0.3, 0.4) is 0 Å². The van der Waals surface area contributed by atoms with Gasteiger partial charge in [0.2, 0.25) is 0 Å². The van der Waals surface area contributed by atoms with Gasteiger partial charge in [-0.15, -0.1) is 11.3 Å². The second-order valence-corrected chi connectivity index (χ2v) is 9.73. The molecule has 6 nitrogen and oxygen atoms in total. The SMILES string of the molecule is O=C(c1cc(Cl)ccc1O)N1CCN(S(=O)(=O)c2ccc(Cl)s2)CC1. The highest BCUT2D eigenvalue weighted by atomic mass is 35.5. The third-order valence-corrected chi connectivity index (χ3v) is 7.69. The van der Waals surface area contributed by atoms with Crippen LogP contribution in [0.1, 0.15) is 10.4 Å². The molecule has 1 saturated heterocycles. The van der Waals surface area contributed by atoms with Crippen LogP contribution in [0, 0.1) is 0 Å². The van der Waals surface area contributed by atoms with E-state index in [9.17, 15) is 18.3 Å². The second-order valence-electron chi connectivity index (χ2n) is 5.42. The summed E-state index contributed by atoms with van der Waals surface area (Å²) in [6.45, 7) is 0.794. The van der Waals surface area contributed by atoms with Crippen LogP contribution in [0.2, 0.25) is 9.36 Å². The number of piperazine rings is 1. The highest BCUT2D eigenvalue weighted by molar-refractivity contribution is 7.91. The van der Waals surface area contributed by atoms with E-state index in [0.717, 1.165) is 11.3 Å². The number of benzene rings is 1. The Balaban J connectivity index is 1.71. The van der Waals surface area contributed by atoms with Gasteiger partial charge in [0.25, 0.3) is 15.9 Å². The fraction of sp³-hybridized carbons (Fsp3) is 0.267. The summed E-state index contributed by atoms with van der Waals surface area (Å²) in [5, 5.41) is 10.2. The van der Waals surface area contributed by atoms with Crippen molar-refractivity contribution in [2.75, 3.05) is 26.2 Å². The minimum Gasteiger partial charge on any atom is -0.507 e. The smallest absolute Gasteiger partial charge is 0.257 e. The molecule has 134 valence electrons. The minimum atomic E-state index is -3.61. The van der Waals surface area contributed by atoms with Crippen LogP contribution < -0.4 is 0 Å². The molecule has 2 aromatic rings. The van der Waals surface area contributed by atoms with Crippen molar-refractivity contribution < 1.29 is 18.3 Å². The zero-order chi connectivity index (χ0) is 18.2. The molecule has 0 atom stereocenters. The zero-order valence-corrected chi connectivity index (χ0v) is 16.0.